The zero-order valence-electron chi connectivity index (χ0n) is 10.8. The van der Waals surface area contributed by atoms with Gasteiger partial charge < -0.3 is 10.3 Å². The Morgan fingerprint density at radius 1 is 1.12 bits per heavy atom. The maximum Gasteiger partial charge on any atom is 0.0455 e. The Bertz CT molecular complexity index is 453. The first-order valence-electron chi connectivity index (χ1n) is 6.67. The van der Waals surface area contributed by atoms with Gasteiger partial charge in [-0.1, -0.05) is 26.7 Å². The molecule has 0 amide bonds. The van der Waals surface area contributed by atoms with Crippen LogP contribution < -0.4 is 5.32 Å². The Kier molecular flexibility index (Phi) is 4.08. The van der Waals surface area contributed by atoms with Crippen LogP contribution in [0.15, 0.2) is 30.5 Å². The van der Waals surface area contributed by atoms with Gasteiger partial charge in [-0.05, 0) is 37.1 Å². The monoisotopic (exact) mass is 230 g/mol. The number of aromatic amines is 1. The average Bonchev–Trinajstić information content (AvgIpc) is 2.77. The molecule has 1 aromatic heterocycles. The Morgan fingerprint density at radius 2 is 1.88 bits per heavy atom. The largest absolute Gasteiger partial charge is 0.382 e. The van der Waals surface area contributed by atoms with E-state index in [-0.39, 0.29) is 0 Å². The van der Waals surface area contributed by atoms with E-state index in [1.54, 1.807) is 0 Å². The van der Waals surface area contributed by atoms with E-state index < -0.39 is 0 Å². The van der Waals surface area contributed by atoms with Gasteiger partial charge >= 0.3 is 0 Å². The van der Waals surface area contributed by atoms with Crippen molar-refractivity contribution in [2.24, 2.45) is 0 Å². The topological polar surface area (TPSA) is 27.8 Å². The highest BCUT2D eigenvalue weighted by Gasteiger charge is 2.06. The number of hydrogen-bond donors (Lipinski definition) is 2. The van der Waals surface area contributed by atoms with Crippen molar-refractivity contribution in [1.82, 2.24) is 4.98 Å². The standard InChI is InChI=1S/C15H22N2/c1-3-5-13(6-4-2)17-14-7-8-15-12(11-14)9-10-16-15/h7-11,13,16-17H,3-6H2,1-2H3. The van der Waals surface area contributed by atoms with Crippen molar-refractivity contribution in [3.63, 3.8) is 0 Å². The van der Waals surface area contributed by atoms with Gasteiger partial charge in [0.2, 0.25) is 0 Å². The number of anilines is 1. The molecule has 2 rings (SSSR count). The number of benzene rings is 1. The summed E-state index contributed by atoms with van der Waals surface area (Å²) >= 11 is 0. The molecule has 2 aromatic rings. The summed E-state index contributed by atoms with van der Waals surface area (Å²) < 4.78 is 0. The highest BCUT2D eigenvalue weighted by Crippen LogP contribution is 2.20. The Balaban J connectivity index is 2.09. The third kappa shape index (κ3) is 3.02. The molecular formula is C15H22N2. The van der Waals surface area contributed by atoms with Gasteiger partial charge in [0.05, 0.1) is 0 Å². The van der Waals surface area contributed by atoms with Crippen molar-refractivity contribution < 1.29 is 0 Å². The molecular weight excluding hydrogens is 208 g/mol. The van der Waals surface area contributed by atoms with Crippen LogP contribution in [0, 0.1) is 0 Å². The van der Waals surface area contributed by atoms with E-state index in [1.807, 2.05) is 6.20 Å². The first-order valence-corrected chi connectivity index (χ1v) is 6.67. The lowest BCUT2D eigenvalue weighted by molar-refractivity contribution is 0.586. The lowest BCUT2D eigenvalue weighted by atomic mass is 10.1. The van der Waals surface area contributed by atoms with Crippen LogP contribution in [0.3, 0.4) is 0 Å². The number of fused-ring (bicyclic) bond motifs is 1. The van der Waals surface area contributed by atoms with Crippen molar-refractivity contribution in [2.45, 2.75) is 45.6 Å². The van der Waals surface area contributed by atoms with Crippen molar-refractivity contribution in [3.8, 4) is 0 Å². The minimum Gasteiger partial charge on any atom is -0.382 e. The summed E-state index contributed by atoms with van der Waals surface area (Å²) in [6.45, 7) is 4.50. The van der Waals surface area contributed by atoms with Gasteiger partial charge in [0.1, 0.15) is 0 Å². The molecule has 92 valence electrons. The number of nitrogens with one attached hydrogen (secondary N) is 2. The summed E-state index contributed by atoms with van der Waals surface area (Å²) in [5.74, 6) is 0. The first-order chi connectivity index (χ1) is 8.33. The minimum atomic E-state index is 0.612. The molecule has 1 aromatic carbocycles. The molecule has 0 aliphatic heterocycles. The number of hydrogen-bond acceptors (Lipinski definition) is 1. The summed E-state index contributed by atoms with van der Waals surface area (Å²) in [4.78, 5) is 3.22. The first kappa shape index (κ1) is 12.0. The molecule has 0 aliphatic carbocycles. The number of H-pyrrole nitrogens is 1. The zero-order valence-corrected chi connectivity index (χ0v) is 10.8. The van der Waals surface area contributed by atoms with Gasteiger partial charge in [-0.2, -0.15) is 0 Å². The van der Waals surface area contributed by atoms with Gasteiger partial charge in [-0.3, -0.25) is 0 Å². The molecule has 0 spiro atoms. The van der Waals surface area contributed by atoms with Gasteiger partial charge in [0, 0.05) is 28.8 Å². The van der Waals surface area contributed by atoms with Crippen LogP contribution in [0.5, 0.6) is 0 Å². The molecule has 0 saturated carbocycles. The molecule has 2 heteroatoms. The van der Waals surface area contributed by atoms with Gasteiger partial charge in [0.15, 0.2) is 0 Å². The lowest BCUT2D eigenvalue weighted by Gasteiger charge is -2.18. The number of aromatic nitrogens is 1. The van der Waals surface area contributed by atoms with Gasteiger partial charge in [-0.15, -0.1) is 0 Å². The average molecular weight is 230 g/mol. The summed E-state index contributed by atoms with van der Waals surface area (Å²) in [7, 11) is 0. The zero-order chi connectivity index (χ0) is 12.1. The third-order valence-electron chi connectivity index (χ3n) is 3.20. The second-order valence-electron chi connectivity index (χ2n) is 4.70. The van der Waals surface area contributed by atoms with Crippen LogP contribution in [-0.4, -0.2) is 11.0 Å². The molecule has 0 aliphatic rings. The molecule has 1 heterocycles. The fraction of sp³-hybridized carbons (Fsp3) is 0.467. The van der Waals surface area contributed by atoms with Gasteiger partial charge in [0.25, 0.3) is 0 Å². The predicted molar refractivity (Wildman–Crippen MR) is 75.5 cm³/mol. The second kappa shape index (κ2) is 5.76. The van der Waals surface area contributed by atoms with Crippen LogP contribution in [0.1, 0.15) is 39.5 Å². The molecule has 17 heavy (non-hydrogen) atoms. The predicted octanol–water partition coefficient (Wildman–Crippen LogP) is 4.55. The van der Waals surface area contributed by atoms with Crippen LogP contribution in [0.2, 0.25) is 0 Å². The van der Waals surface area contributed by atoms with Crippen molar-refractivity contribution >= 4 is 16.6 Å². The van der Waals surface area contributed by atoms with Crippen molar-refractivity contribution in [1.29, 1.82) is 0 Å². The highest BCUT2D eigenvalue weighted by molar-refractivity contribution is 5.82. The van der Waals surface area contributed by atoms with Crippen LogP contribution >= 0.6 is 0 Å². The number of rotatable bonds is 6. The summed E-state index contributed by atoms with van der Waals surface area (Å²) in [6.07, 6.45) is 6.97. The van der Waals surface area contributed by atoms with E-state index in [0.717, 1.165) is 0 Å². The van der Waals surface area contributed by atoms with E-state index in [4.69, 9.17) is 0 Å². The molecule has 2 nitrogen and oxygen atoms in total. The molecule has 2 N–H and O–H groups in total. The van der Waals surface area contributed by atoms with Crippen LogP contribution in [0.4, 0.5) is 5.69 Å². The Hall–Kier alpha value is -1.44. The second-order valence-corrected chi connectivity index (χ2v) is 4.70. The van der Waals surface area contributed by atoms with Crippen LogP contribution in [0.25, 0.3) is 10.9 Å². The molecule has 0 unspecified atom stereocenters. The van der Waals surface area contributed by atoms with E-state index in [1.165, 1.54) is 42.3 Å². The summed E-state index contributed by atoms with van der Waals surface area (Å²) in [6, 6.07) is 9.27. The van der Waals surface area contributed by atoms with Gasteiger partial charge in [-0.25, -0.2) is 0 Å². The smallest absolute Gasteiger partial charge is 0.0455 e. The fourth-order valence-corrected chi connectivity index (χ4v) is 2.36. The third-order valence-corrected chi connectivity index (χ3v) is 3.20. The normalized spacial score (nSPS) is 11.2. The van der Waals surface area contributed by atoms with Crippen molar-refractivity contribution in [3.05, 3.63) is 30.5 Å². The lowest BCUT2D eigenvalue weighted by Crippen LogP contribution is -2.18. The summed E-state index contributed by atoms with van der Waals surface area (Å²) in [5, 5.41) is 4.93. The van der Waals surface area contributed by atoms with Crippen LogP contribution in [-0.2, 0) is 0 Å². The highest BCUT2D eigenvalue weighted by atomic mass is 14.9. The fourth-order valence-electron chi connectivity index (χ4n) is 2.36. The maximum absolute atomic E-state index is 3.65. The van der Waals surface area contributed by atoms with E-state index in [2.05, 4.69) is 48.4 Å². The molecule has 0 saturated heterocycles. The molecule has 0 fully saturated rings. The van der Waals surface area contributed by atoms with Crippen molar-refractivity contribution in [2.75, 3.05) is 5.32 Å². The summed E-state index contributed by atoms with van der Waals surface area (Å²) in [5.41, 5.74) is 2.45. The molecule has 0 radical (unpaired) electrons. The minimum absolute atomic E-state index is 0.612. The van der Waals surface area contributed by atoms with E-state index in [9.17, 15) is 0 Å². The molecule has 0 atom stereocenters. The maximum atomic E-state index is 3.65. The van der Waals surface area contributed by atoms with E-state index in [0.29, 0.717) is 6.04 Å². The SMILES string of the molecule is CCCC(CCC)Nc1ccc2[nH]ccc2c1. The quantitative estimate of drug-likeness (QED) is 0.748. The Morgan fingerprint density at radius 3 is 2.59 bits per heavy atom. The van der Waals surface area contributed by atoms with E-state index >= 15 is 0 Å². The molecule has 0 bridgehead atoms. The Labute approximate surface area is 103 Å².